The molecule has 5 aromatic rings. The number of rotatable bonds is 7. The minimum atomic E-state index is -0.319. The standard InChI is InChI=1S/C27H21N7O3/c1-3-23(35)32-17-5-4-6-18(12-17)37-24-14-31-26-25(33-24)20(13-30-26)21-15-34(2)22-11-16(7-8-19(21)22)27(36)29-10-9-28/h3-8,11-15H,1,10H2,2H3,(H,29,36)(H,30,31)(H,32,35). The van der Waals surface area contributed by atoms with Crippen LogP contribution in [0.4, 0.5) is 5.69 Å². The highest BCUT2D eigenvalue weighted by molar-refractivity contribution is 6.05. The molecular weight excluding hydrogens is 470 g/mol. The first-order valence-corrected chi connectivity index (χ1v) is 11.3. The van der Waals surface area contributed by atoms with E-state index in [4.69, 9.17) is 10.00 Å². The quantitative estimate of drug-likeness (QED) is 0.229. The molecule has 2 amide bonds. The fourth-order valence-corrected chi connectivity index (χ4v) is 4.04. The van der Waals surface area contributed by atoms with E-state index in [9.17, 15) is 9.59 Å². The lowest BCUT2D eigenvalue weighted by Gasteiger charge is -2.07. The van der Waals surface area contributed by atoms with E-state index in [1.165, 1.54) is 12.3 Å². The van der Waals surface area contributed by atoms with Crippen molar-refractivity contribution < 1.29 is 14.3 Å². The molecule has 0 fully saturated rings. The van der Waals surface area contributed by atoms with Crippen molar-refractivity contribution >= 4 is 39.6 Å². The molecule has 0 bridgehead atoms. The number of aromatic amines is 1. The van der Waals surface area contributed by atoms with Gasteiger partial charge < -0.3 is 24.9 Å². The summed E-state index contributed by atoms with van der Waals surface area (Å²) in [6.45, 7) is 3.40. The zero-order valence-corrected chi connectivity index (χ0v) is 19.8. The Kier molecular flexibility index (Phi) is 6.10. The Morgan fingerprint density at radius 2 is 2.11 bits per heavy atom. The zero-order valence-electron chi connectivity index (χ0n) is 19.8. The molecule has 0 saturated carbocycles. The number of H-pyrrole nitrogens is 1. The molecule has 3 N–H and O–H groups in total. The first kappa shape index (κ1) is 23.3. The van der Waals surface area contributed by atoms with E-state index in [0.717, 1.165) is 22.0 Å². The van der Waals surface area contributed by atoms with Gasteiger partial charge in [0.1, 0.15) is 17.8 Å². The number of nitrogens with one attached hydrogen (secondary N) is 3. The third-order valence-corrected chi connectivity index (χ3v) is 5.74. The van der Waals surface area contributed by atoms with Crippen molar-refractivity contribution in [3.63, 3.8) is 0 Å². The second-order valence-electron chi connectivity index (χ2n) is 8.16. The lowest BCUT2D eigenvalue weighted by molar-refractivity contribution is -0.111. The predicted molar refractivity (Wildman–Crippen MR) is 139 cm³/mol. The van der Waals surface area contributed by atoms with Crippen molar-refractivity contribution in [2.24, 2.45) is 7.05 Å². The molecule has 3 heterocycles. The van der Waals surface area contributed by atoms with Gasteiger partial charge in [-0.05, 0) is 30.3 Å². The lowest BCUT2D eigenvalue weighted by atomic mass is 10.1. The van der Waals surface area contributed by atoms with Gasteiger partial charge in [-0.25, -0.2) is 9.97 Å². The molecule has 0 aliphatic rings. The van der Waals surface area contributed by atoms with Crippen molar-refractivity contribution in [1.29, 1.82) is 5.26 Å². The monoisotopic (exact) mass is 491 g/mol. The van der Waals surface area contributed by atoms with Crippen molar-refractivity contribution in [3.8, 4) is 28.8 Å². The van der Waals surface area contributed by atoms with Crippen LogP contribution in [-0.4, -0.2) is 37.9 Å². The molecule has 3 aromatic heterocycles. The number of benzene rings is 2. The van der Waals surface area contributed by atoms with Crippen LogP contribution in [0.15, 0.2) is 73.7 Å². The molecular formula is C27H21N7O3. The first-order valence-electron chi connectivity index (χ1n) is 11.3. The van der Waals surface area contributed by atoms with Crippen LogP contribution in [0.25, 0.3) is 33.2 Å². The average Bonchev–Trinajstić information content (AvgIpc) is 3.47. The molecule has 0 atom stereocenters. The van der Waals surface area contributed by atoms with Gasteiger partial charge in [-0.15, -0.1) is 0 Å². The Hall–Kier alpha value is -5.43. The summed E-state index contributed by atoms with van der Waals surface area (Å²) in [5.41, 5.74) is 4.84. The smallest absolute Gasteiger partial charge is 0.252 e. The van der Waals surface area contributed by atoms with E-state index in [1.807, 2.05) is 36.1 Å². The number of carbonyl (C=O) groups excluding carboxylic acids is 2. The molecule has 0 spiro atoms. The van der Waals surface area contributed by atoms with Gasteiger partial charge in [0, 0.05) is 58.8 Å². The SMILES string of the molecule is C=CC(=O)Nc1cccc(Oc2cnc3[nH]cc(-c4cn(C)c5cc(C(=O)NCC#N)ccc45)c3n2)c1. The van der Waals surface area contributed by atoms with Gasteiger partial charge in [0.15, 0.2) is 5.65 Å². The van der Waals surface area contributed by atoms with Crippen LogP contribution in [0, 0.1) is 11.3 Å². The van der Waals surface area contributed by atoms with Crippen molar-refractivity contribution in [3.05, 3.63) is 79.3 Å². The van der Waals surface area contributed by atoms with Crippen molar-refractivity contribution in [2.75, 3.05) is 11.9 Å². The third kappa shape index (κ3) is 4.61. The Bertz CT molecular complexity index is 1730. The maximum absolute atomic E-state index is 12.3. The number of nitrogens with zero attached hydrogens (tertiary/aromatic N) is 4. The average molecular weight is 492 g/mol. The van der Waals surface area contributed by atoms with E-state index in [1.54, 1.807) is 36.4 Å². The number of nitriles is 1. The van der Waals surface area contributed by atoms with Gasteiger partial charge in [0.2, 0.25) is 11.8 Å². The van der Waals surface area contributed by atoms with Crippen LogP contribution in [0.3, 0.4) is 0 Å². The Morgan fingerprint density at radius 1 is 1.24 bits per heavy atom. The topological polar surface area (TPSA) is 138 Å². The molecule has 182 valence electrons. The summed E-state index contributed by atoms with van der Waals surface area (Å²) in [5.74, 6) is 0.150. The molecule has 2 aromatic carbocycles. The normalized spacial score (nSPS) is 10.7. The number of amides is 2. The van der Waals surface area contributed by atoms with E-state index in [2.05, 4.69) is 32.2 Å². The number of anilines is 1. The number of aryl methyl sites for hydroxylation is 1. The number of hydrogen-bond acceptors (Lipinski definition) is 6. The lowest BCUT2D eigenvalue weighted by Crippen LogP contribution is -2.23. The summed E-state index contributed by atoms with van der Waals surface area (Å²) in [4.78, 5) is 36.2. The van der Waals surface area contributed by atoms with Gasteiger partial charge in [0.05, 0.1) is 12.3 Å². The van der Waals surface area contributed by atoms with E-state index in [-0.39, 0.29) is 24.2 Å². The van der Waals surface area contributed by atoms with Crippen LogP contribution in [0.5, 0.6) is 11.6 Å². The first-order chi connectivity index (χ1) is 18.0. The fraction of sp³-hybridized carbons (Fsp3) is 0.0741. The Morgan fingerprint density at radius 3 is 2.92 bits per heavy atom. The molecule has 37 heavy (non-hydrogen) atoms. The summed E-state index contributed by atoms with van der Waals surface area (Å²) in [6.07, 6.45) is 6.51. The highest BCUT2D eigenvalue weighted by Crippen LogP contribution is 2.35. The molecule has 0 radical (unpaired) electrons. The molecule has 10 nitrogen and oxygen atoms in total. The minimum Gasteiger partial charge on any atom is -0.437 e. The number of aromatic nitrogens is 4. The van der Waals surface area contributed by atoms with Gasteiger partial charge in [0.25, 0.3) is 5.91 Å². The molecule has 0 unspecified atom stereocenters. The second-order valence-corrected chi connectivity index (χ2v) is 8.16. The highest BCUT2D eigenvalue weighted by Gasteiger charge is 2.17. The summed E-state index contributed by atoms with van der Waals surface area (Å²) in [5, 5.41) is 14.9. The predicted octanol–water partition coefficient (Wildman–Crippen LogP) is 4.29. The summed E-state index contributed by atoms with van der Waals surface area (Å²) < 4.78 is 7.86. The molecule has 5 rings (SSSR count). The molecule has 0 aliphatic heterocycles. The van der Waals surface area contributed by atoms with E-state index >= 15 is 0 Å². The van der Waals surface area contributed by atoms with Crippen LogP contribution in [0.1, 0.15) is 10.4 Å². The third-order valence-electron chi connectivity index (χ3n) is 5.74. The van der Waals surface area contributed by atoms with Crippen LogP contribution in [-0.2, 0) is 11.8 Å². The van der Waals surface area contributed by atoms with Gasteiger partial charge >= 0.3 is 0 Å². The zero-order chi connectivity index (χ0) is 25.9. The Balaban J connectivity index is 1.49. The van der Waals surface area contributed by atoms with Crippen LogP contribution >= 0.6 is 0 Å². The summed E-state index contributed by atoms with van der Waals surface area (Å²) >= 11 is 0. The number of carbonyl (C=O) groups is 2. The largest absolute Gasteiger partial charge is 0.437 e. The number of hydrogen-bond donors (Lipinski definition) is 3. The second kappa shape index (κ2) is 9.67. The number of ether oxygens (including phenoxy) is 1. The molecule has 0 saturated heterocycles. The maximum Gasteiger partial charge on any atom is 0.252 e. The van der Waals surface area contributed by atoms with Crippen LogP contribution < -0.4 is 15.4 Å². The molecule has 0 aliphatic carbocycles. The highest BCUT2D eigenvalue weighted by atomic mass is 16.5. The summed E-state index contributed by atoms with van der Waals surface area (Å²) in [6, 6.07) is 14.2. The van der Waals surface area contributed by atoms with Crippen molar-refractivity contribution in [2.45, 2.75) is 0 Å². The maximum atomic E-state index is 12.3. The van der Waals surface area contributed by atoms with E-state index in [0.29, 0.717) is 28.2 Å². The van der Waals surface area contributed by atoms with E-state index < -0.39 is 0 Å². The molecule has 10 heteroatoms. The summed E-state index contributed by atoms with van der Waals surface area (Å²) in [7, 11) is 1.90. The Labute approximate surface area is 211 Å². The fourth-order valence-electron chi connectivity index (χ4n) is 4.04. The van der Waals surface area contributed by atoms with Gasteiger partial charge in [-0.3, -0.25) is 9.59 Å². The number of fused-ring (bicyclic) bond motifs is 2. The van der Waals surface area contributed by atoms with Gasteiger partial charge in [-0.2, -0.15) is 5.26 Å². The van der Waals surface area contributed by atoms with Crippen LogP contribution in [0.2, 0.25) is 0 Å². The minimum absolute atomic E-state index is 0.0541. The van der Waals surface area contributed by atoms with Gasteiger partial charge in [-0.1, -0.05) is 18.7 Å². The van der Waals surface area contributed by atoms with Crippen molar-refractivity contribution in [1.82, 2.24) is 24.8 Å².